The first-order valence-corrected chi connectivity index (χ1v) is 10.4. The number of unbranched alkanes of at least 4 members (excludes halogenated alkanes) is 1. The van der Waals surface area contributed by atoms with Gasteiger partial charge in [-0.05, 0) is 44.3 Å². The first-order chi connectivity index (χ1) is 14.7. The molecule has 0 atom stereocenters. The summed E-state index contributed by atoms with van der Waals surface area (Å²) in [7, 11) is 0. The monoisotopic (exact) mass is 439 g/mol. The minimum Gasteiger partial charge on any atom is -0.475 e. The molecule has 0 spiro atoms. The van der Waals surface area contributed by atoms with Crippen LogP contribution in [0.3, 0.4) is 0 Å². The summed E-state index contributed by atoms with van der Waals surface area (Å²) in [5.41, 5.74) is 3.12. The van der Waals surface area contributed by atoms with Gasteiger partial charge in [-0.25, -0.2) is 9.78 Å². The number of nitrogens with zero attached hydrogens (tertiary/aromatic N) is 2. The molecule has 1 saturated heterocycles. The maximum atomic E-state index is 11.9. The van der Waals surface area contributed by atoms with Gasteiger partial charge in [0.1, 0.15) is 5.82 Å². The summed E-state index contributed by atoms with van der Waals surface area (Å²) in [6.45, 7) is 5.57. The Labute approximate surface area is 179 Å². The molecule has 0 saturated carbocycles. The molecule has 170 valence electrons. The van der Waals surface area contributed by atoms with Gasteiger partial charge in [0.15, 0.2) is 0 Å². The third-order valence-corrected chi connectivity index (χ3v) is 4.91. The number of alkyl halides is 3. The topological polar surface area (TPSA) is 86.3 Å². The molecule has 1 aliphatic heterocycles. The summed E-state index contributed by atoms with van der Waals surface area (Å²) < 4.78 is 31.7. The molecule has 2 aromatic rings. The number of carbonyl (C=O) groups is 1. The zero-order valence-corrected chi connectivity index (χ0v) is 17.5. The smallest absolute Gasteiger partial charge is 0.475 e. The third kappa shape index (κ3) is 8.53. The highest BCUT2D eigenvalue weighted by Gasteiger charge is 2.38. The van der Waals surface area contributed by atoms with Gasteiger partial charge in [0, 0.05) is 23.9 Å². The van der Waals surface area contributed by atoms with Crippen LogP contribution in [0.25, 0.3) is 11.4 Å². The van der Waals surface area contributed by atoms with E-state index in [2.05, 4.69) is 46.1 Å². The first kappa shape index (κ1) is 24.6. The second kappa shape index (κ2) is 11.6. The maximum Gasteiger partial charge on any atom is 0.490 e. The number of H-pyrrole nitrogens is 1. The largest absolute Gasteiger partial charge is 0.490 e. The lowest BCUT2D eigenvalue weighted by atomic mass is 10.1. The van der Waals surface area contributed by atoms with E-state index in [0.717, 1.165) is 37.1 Å². The van der Waals surface area contributed by atoms with E-state index >= 15 is 0 Å². The zero-order chi connectivity index (χ0) is 22.9. The molecule has 9 heteroatoms. The lowest BCUT2D eigenvalue weighted by Crippen LogP contribution is -2.29. The number of likely N-dealkylation sites (tertiary alicyclic amines) is 1. The summed E-state index contributed by atoms with van der Waals surface area (Å²) in [5.74, 6) is -2.08. The molecule has 0 aliphatic carbocycles. The molecule has 1 aromatic carbocycles. The fraction of sp³-hybridized carbons (Fsp3) is 0.500. The van der Waals surface area contributed by atoms with Crippen molar-refractivity contribution >= 4 is 5.97 Å². The average molecular weight is 439 g/mol. The minimum atomic E-state index is -5.08. The number of carboxylic acids is 1. The van der Waals surface area contributed by atoms with Crippen LogP contribution in [-0.4, -0.2) is 45.2 Å². The number of benzene rings is 1. The van der Waals surface area contributed by atoms with Crippen LogP contribution in [0.4, 0.5) is 13.2 Å². The van der Waals surface area contributed by atoms with Gasteiger partial charge in [-0.3, -0.25) is 9.69 Å². The Morgan fingerprint density at radius 1 is 1.16 bits per heavy atom. The number of rotatable bonds is 6. The van der Waals surface area contributed by atoms with Crippen LogP contribution >= 0.6 is 0 Å². The number of aliphatic carboxylic acids is 1. The van der Waals surface area contributed by atoms with Crippen molar-refractivity contribution in [3.63, 3.8) is 0 Å². The lowest BCUT2D eigenvalue weighted by molar-refractivity contribution is -0.192. The van der Waals surface area contributed by atoms with Gasteiger partial charge in [0.05, 0.1) is 0 Å². The van der Waals surface area contributed by atoms with Crippen molar-refractivity contribution in [2.45, 2.75) is 58.2 Å². The van der Waals surface area contributed by atoms with Crippen LogP contribution in [0.2, 0.25) is 0 Å². The van der Waals surface area contributed by atoms with Crippen LogP contribution in [-0.2, 0) is 17.8 Å². The Hall–Kier alpha value is -2.68. The van der Waals surface area contributed by atoms with Gasteiger partial charge in [-0.15, -0.1) is 0 Å². The molecule has 2 heterocycles. The Kier molecular flexibility index (Phi) is 9.23. The van der Waals surface area contributed by atoms with E-state index in [1.165, 1.54) is 37.9 Å². The van der Waals surface area contributed by atoms with Gasteiger partial charge >= 0.3 is 12.1 Å². The fourth-order valence-corrected chi connectivity index (χ4v) is 3.27. The van der Waals surface area contributed by atoms with Crippen molar-refractivity contribution < 1.29 is 23.1 Å². The Morgan fingerprint density at radius 2 is 1.77 bits per heavy atom. The van der Waals surface area contributed by atoms with Crippen molar-refractivity contribution in [3.05, 3.63) is 51.9 Å². The third-order valence-electron chi connectivity index (χ3n) is 4.91. The highest BCUT2D eigenvalue weighted by Crippen LogP contribution is 2.18. The highest BCUT2D eigenvalue weighted by atomic mass is 19.4. The van der Waals surface area contributed by atoms with Crippen molar-refractivity contribution in [2.75, 3.05) is 13.1 Å². The Bertz CT molecular complexity index is 889. The molecule has 0 bridgehead atoms. The number of aromatic amines is 1. The van der Waals surface area contributed by atoms with Crippen molar-refractivity contribution in [1.29, 1.82) is 0 Å². The van der Waals surface area contributed by atoms with Gasteiger partial charge in [-0.2, -0.15) is 13.2 Å². The van der Waals surface area contributed by atoms with Crippen LogP contribution in [0, 0.1) is 0 Å². The molecule has 3 rings (SSSR count). The fourth-order valence-electron chi connectivity index (χ4n) is 3.27. The Balaban J connectivity index is 0.000000423. The van der Waals surface area contributed by atoms with E-state index in [-0.39, 0.29) is 5.56 Å². The summed E-state index contributed by atoms with van der Waals surface area (Å²) >= 11 is 0. The first-order valence-electron chi connectivity index (χ1n) is 10.4. The molecule has 2 N–H and O–H groups in total. The van der Waals surface area contributed by atoms with Gasteiger partial charge < -0.3 is 10.1 Å². The zero-order valence-electron chi connectivity index (χ0n) is 17.5. The number of aromatic nitrogens is 2. The molecule has 1 aromatic heterocycles. The minimum absolute atomic E-state index is 0.0662. The Morgan fingerprint density at radius 3 is 2.32 bits per heavy atom. The molecular weight excluding hydrogens is 411 g/mol. The van der Waals surface area contributed by atoms with Gasteiger partial charge in [0.2, 0.25) is 0 Å². The van der Waals surface area contributed by atoms with Crippen LogP contribution in [0.1, 0.15) is 50.3 Å². The van der Waals surface area contributed by atoms with Crippen molar-refractivity contribution in [3.8, 4) is 11.4 Å². The van der Waals surface area contributed by atoms with E-state index in [1.54, 1.807) is 6.07 Å². The number of nitrogens with one attached hydrogen (secondary N) is 1. The van der Waals surface area contributed by atoms with E-state index in [4.69, 9.17) is 9.90 Å². The summed E-state index contributed by atoms with van der Waals surface area (Å²) in [5, 5.41) is 7.12. The molecule has 0 unspecified atom stereocenters. The van der Waals surface area contributed by atoms with E-state index in [0.29, 0.717) is 5.82 Å². The lowest BCUT2D eigenvalue weighted by Gasteiger charge is -2.26. The summed E-state index contributed by atoms with van der Waals surface area (Å²) in [6, 6.07) is 10.1. The molecule has 1 fully saturated rings. The number of aryl methyl sites for hydroxylation is 1. The van der Waals surface area contributed by atoms with Crippen LogP contribution in [0.5, 0.6) is 0 Å². The molecule has 0 radical (unpaired) electrons. The van der Waals surface area contributed by atoms with Crippen molar-refractivity contribution in [2.24, 2.45) is 0 Å². The highest BCUT2D eigenvalue weighted by molar-refractivity contribution is 5.73. The van der Waals surface area contributed by atoms with Crippen LogP contribution in [0.15, 0.2) is 35.1 Å². The second-order valence-corrected chi connectivity index (χ2v) is 7.53. The molecular formula is C22H28F3N3O3. The van der Waals surface area contributed by atoms with Gasteiger partial charge in [0.25, 0.3) is 5.56 Å². The number of halogens is 3. The number of hydrogen-bond donors (Lipinski definition) is 2. The standard InChI is InChI=1S/C20H27N3O.C2HF3O2/c1-2-3-7-18-14-19(24)22-20(21-18)17-10-8-16(9-11-17)15-23-12-5-4-6-13-23;3-2(4,5)1(6)7/h8-11,14H,2-7,12-13,15H2,1H3,(H,21,22,24);(H,6,7). The van der Waals surface area contributed by atoms with E-state index < -0.39 is 12.1 Å². The summed E-state index contributed by atoms with van der Waals surface area (Å²) in [4.78, 5) is 30.8. The quantitative estimate of drug-likeness (QED) is 0.697. The molecule has 0 amide bonds. The predicted molar refractivity (Wildman–Crippen MR) is 112 cm³/mol. The second-order valence-electron chi connectivity index (χ2n) is 7.53. The summed E-state index contributed by atoms with van der Waals surface area (Å²) in [6.07, 6.45) is 1.94. The normalized spacial score (nSPS) is 14.6. The SMILES string of the molecule is CCCCc1cc(=O)[nH]c(-c2ccc(CN3CCCCC3)cc2)n1.O=C(O)C(F)(F)F. The van der Waals surface area contributed by atoms with E-state index in [1.807, 2.05) is 0 Å². The van der Waals surface area contributed by atoms with Crippen molar-refractivity contribution in [1.82, 2.24) is 14.9 Å². The van der Waals surface area contributed by atoms with E-state index in [9.17, 15) is 18.0 Å². The molecule has 1 aliphatic rings. The van der Waals surface area contributed by atoms with Crippen LogP contribution < -0.4 is 5.56 Å². The maximum absolute atomic E-state index is 11.9. The average Bonchev–Trinajstić information content (AvgIpc) is 2.73. The number of hydrogen-bond acceptors (Lipinski definition) is 4. The predicted octanol–water partition coefficient (Wildman–Crippen LogP) is 4.40. The number of piperidine rings is 1. The number of carboxylic acid groups (broad SMARTS) is 1. The molecule has 31 heavy (non-hydrogen) atoms. The molecule has 6 nitrogen and oxygen atoms in total. The van der Waals surface area contributed by atoms with Gasteiger partial charge in [-0.1, -0.05) is 44.0 Å².